The fourth-order valence-electron chi connectivity index (χ4n) is 13.5. The molecular weight excluding hydrogens is 679 g/mol. The Hall–Kier alpha value is -1.86. The van der Waals surface area contributed by atoms with Gasteiger partial charge in [-0.25, -0.2) is 4.79 Å². The molecule has 15 atom stereocenters. The number of aliphatic hydroxyl groups excluding tert-OH is 1. The van der Waals surface area contributed by atoms with Crippen molar-refractivity contribution >= 4 is 20.3 Å². The molecule has 5 saturated carbocycles. The molecular formula is C41H63NO9Si. The number of nitrogens with zero attached hydrogens (tertiary/aromatic N) is 1. The number of methoxy groups -OCH3 is 3. The topological polar surface area (TPSA) is 113 Å². The van der Waals surface area contributed by atoms with Gasteiger partial charge in [0.05, 0.1) is 17.8 Å². The van der Waals surface area contributed by atoms with Crippen LogP contribution in [0.2, 0.25) is 18.1 Å². The largest absolute Gasteiger partial charge is 0.455 e. The molecule has 5 aliphatic carbocycles. The van der Waals surface area contributed by atoms with Gasteiger partial charge in [-0.1, -0.05) is 59.7 Å². The van der Waals surface area contributed by atoms with Crippen molar-refractivity contribution in [2.24, 2.45) is 40.4 Å². The second-order valence-corrected chi connectivity index (χ2v) is 23.3. The number of esters is 2. The van der Waals surface area contributed by atoms with E-state index in [0.717, 1.165) is 25.9 Å². The van der Waals surface area contributed by atoms with E-state index in [1.165, 1.54) is 6.92 Å². The van der Waals surface area contributed by atoms with Gasteiger partial charge < -0.3 is 33.2 Å². The second-order valence-electron chi connectivity index (χ2n) is 18.6. The highest BCUT2D eigenvalue weighted by molar-refractivity contribution is 6.74. The number of hydrogen-bond acceptors (Lipinski definition) is 10. The van der Waals surface area contributed by atoms with Gasteiger partial charge in [0.15, 0.2) is 13.9 Å². The molecule has 52 heavy (non-hydrogen) atoms. The van der Waals surface area contributed by atoms with Crippen molar-refractivity contribution in [3.8, 4) is 0 Å². The lowest BCUT2D eigenvalue weighted by Gasteiger charge is -2.71. The minimum atomic E-state index is -2.66. The molecule has 1 aromatic rings. The van der Waals surface area contributed by atoms with Gasteiger partial charge in [0.25, 0.3) is 0 Å². The highest BCUT2D eigenvalue weighted by Crippen LogP contribution is 2.82. The molecule has 7 bridgehead atoms. The number of aliphatic hydroxyl groups is 1. The molecule has 0 radical (unpaired) electrons. The fourth-order valence-corrected chi connectivity index (χ4v) is 15.1. The van der Waals surface area contributed by atoms with Gasteiger partial charge in [-0.15, -0.1) is 0 Å². The summed E-state index contributed by atoms with van der Waals surface area (Å²) in [5.74, 6) is -1.92. The average Bonchev–Trinajstić information content (AvgIpc) is 3.47. The predicted molar refractivity (Wildman–Crippen MR) is 198 cm³/mol. The zero-order chi connectivity index (χ0) is 38.0. The quantitative estimate of drug-likeness (QED) is 0.236. The first kappa shape index (κ1) is 38.4. The van der Waals surface area contributed by atoms with Crippen LogP contribution in [0, 0.1) is 40.4 Å². The van der Waals surface area contributed by atoms with E-state index in [-0.39, 0.29) is 40.5 Å². The molecule has 1 heterocycles. The summed E-state index contributed by atoms with van der Waals surface area (Å²) < 4.78 is 41.3. The monoisotopic (exact) mass is 741 g/mol. The molecule has 1 saturated heterocycles. The van der Waals surface area contributed by atoms with E-state index in [4.69, 9.17) is 28.1 Å². The summed E-state index contributed by atoms with van der Waals surface area (Å²) >= 11 is 0. The second kappa shape index (κ2) is 12.6. The van der Waals surface area contributed by atoms with Gasteiger partial charge in [-0.2, -0.15) is 0 Å². The minimum absolute atomic E-state index is 0.0341. The Kier molecular flexibility index (Phi) is 9.29. The van der Waals surface area contributed by atoms with Crippen LogP contribution in [0.1, 0.15) is 78.1 Å². The standard InChI is InChI=1S/C41H63NO9Si/c1-13-38-22-42(14-2)32-29-30(47-9)31(38)40(32,27(46-8)20-23(38)3)26-21-39(51-52(11,12)37(5,6)7)34(49-36(45)25-18-16-15-17-19-25)28(26)41(29,50-24(4)43)33(44)35(39)48-10/h15-19,23,26-35,44H,13-14,20-22H2,1-12H3/t23-,26+,27?,28?,29?,30?,31?,32?,33+,34?,35+,38?,39-,40?,41-/m1/s1. The van der Waals surface area contributed by atoms with Gasteiger partial charge in [-0.3, -0.25) is 9.69 Å². The van der Waals surface area contributed by atoms with Crippen LogP contribution < -0.4 is 0 Å². The van der Waals surface area contributed by atoms with E-state index >= 15 is 0 Å². The lowest BCUT2D eigenvalue weighted by molar-refractivity contribution is -0.317. The number of hydrogen-bond donors (Lipinski definition) is 1. The first-order chi connectivity index (χ1) is 24.4. The molecule has 9 unspecified atom stereocenters. The van der Waals surface area contributed by atoms with E-state index in [2.05, 4.69) is 59.5 Å². The first-order valence-electron chi connectivity index (χ1n) is 19.6. The first-order valence-corrected chi connectivity index (χ1v) is 22.5. The summed E-state index contributed by atoms with van der Waals surface area (Å²) in [4.78, 5) is 30.6. The van der Waals surface area contributed by atoms with Crippen LogP contribution in [0.3, 0.4) is 0 Å². The van der Waals surface area contributed by atoms with Crippen LogP contribution in [0.15, 0.2) is 30.3 Å². The highest BCUT2D eigenvalue weighted by Gasteiger charge is 2.92. The molecule has 10 nitrogen and oxygen atoms in total. The third-order valence-corrected chi connectivity index (χ3v) is 20.6. The lowest BCUT2D eigenvalue weighted by Crippen LogP contribution is -2.81. The fraction of sp³-hybridized carbons (Fsp3) is 0.805. The Morgan fingerprint density at radius 3 is 2.21 bits per heavy atom. The molecule has 1 aromatic carbocycles. The number of likely N-dealkylation sites (tertiary alicyclic amines) is 1. The number of benzene rings is 1. The maximum Gasteiger partial charge on any atom is 0.338 e. The van der Waals surface area contributed by atoms with E-state index in [0.29, 0.717) is 17.9 Å². The maximum absolute atomic E-state index is 14.4. The molecule has 290 valence electrons. The third kappa shape index (κ3) is 4.56. The SMILES string of the molecule is CCN1CC2(CC)C3C(OC)C4C1C3(C(OC)C[C@H]2C)[C@H]1C[C@@]2(O[Si](C)(C)C(C)(C)C)C(OC(=O)c3ccccc3)C1[C@]4(OC(C)=O)[C@@H](O)[C@@H]2OC. The number of piperidine rings is 1. The zero-order valence-electron chi connectivity index (χ0n) is 33.4. The minimum Gasteiger partial charge on any atom is -0.455 e. The van der Waals surface area contributed by atoms with Crippen molar-refractivity contribution < 1.29 is 42.8 Å². The summed E-state index contributed by atoms with van der Waals surface area (Å²) in [6, 6.07) is 8.89. The molecule has 0 aromatic heterocycles. The summed E-state index contributed by atoms with van der Waals surface area (Å²) in [5, 5.41) is 13.0. The predicted octanol–water partition coefficient (Wildman–Crippen LogP) is 5.72. The van der Waals surface area contributed by atoms with Gasteiger partial charge in [0.2, 0.25) is 0 Å². The van der Waals surface area contributed by atoms with Crippen molar-refractivity contribution in [3.05, 3.63) is 35.9 Å². The van der Waals surface area contributed by atoms with Gasteiger partial charge in [0, 0.05) is 64.0 Å². The van der Waals surface area contributed by atoms with Crippen LogP contribution in [0.25, 0.3) is 0 Å². The number of carbonyl (C=O) groups excluding carboxylic acids is 2. The van der Waals surface area contributed by atoms with E-state index in [1.807, 2.05) is 25.3 Å². The lowest BCUT2D eigenvalue weighted by atomic mass is 9.40. The van der Waals surface area contributed by atoms with Gasteiger partial charge in [0.1, 0.15) is 23.9 Å². The number of fused-ring (bicyclic) bond motifs is 2. The van der Waals surface area contributed by atoms with Crippen LogP contribution in [-0.2, 0) is 32.9 Å². The van der Waals surface area contributed by atoms with Gasteiger partial charge >= 0.3 is 11.9 Å². The number of ether oxygens (including phenoxy) is 5. The highest BCUT2D eigenvalue weighted by atomic mass is 28.4. The Labute approximate surface area is 311 Å². The molecule has 11 heteroatoms. The summed E-state index contributed by atoms with van der Waals surface area (Å²) in [5.41, 5.74) is -2.93. The van der Waals surface area contributed by atoms with Crippen molar-refractivity contribution in [1.29, 1.82) is 0 Å². The smallest absolute Gasteiger partial charge is 0.338 e. The van der Waals surface area contributed by atoms with E-state index in [1.54, 1.807) is 26.4 Å². The summed E-state index contributed by atoms with van der Waals surface area (Å²) in [7, 11) is 2.54. The van der Waals surface area contributed by atoms with Crippen LogP contribution in [0.4, 0.5) is 0 Å². The molecule has 1 N–H and O–H groups in total. The van der Waals surface area contributed by atoms with Gasteiger partial charge in [-0.05, 0) is 73.3 Å². The van der Waals surface area contributed by atoms with Crippen molar-refractivity contribution in [2.45, 2.75) is 134 Å². The molecule has 1 spiro atoms. The summed E-state index contributed by atoms with van der Waals surface area (Å²) in [6.45, 7) is 21.0. The third-order valence-electron chi connectivity index (χ3n) is 16.1. The van der Waals surface area contributed by atoms with Crippen LogP contribution >= 0.6 is 0 Å². The Morgan fingerprint density at radius 1 is 1.00 bits per heavy atom. The Morgan fingerprint density at radius 2 is 1.67 bits per heavy atom. The Balaban J connectivity index is 1.58. The van der Waals surface area contributed by atoms with Crippen molar-refractivity contribution in [1.82, 2.24) is 4.90 Å². The normalized spacial score (nSPS) is 46.2. The molecule has 1 aliphatic heterocycles. The van der Waals surface area contributed by atoms with Crippen molar-refractivity contribution in [3.63, 3.8) is 0 Å². The Bertz CT molecular complexity index is 1550. The van der Waals surface area contributed by atoms with Crippen molar-refractivity contribution in [2.75, 3.05) is 34.4 Å². The maximum atomic E-state index is 14.4. The number of rotatable bonds is 10. The average molecular weight is 742 g/mol. The van der Waals surface area contributed by atoms with E-state index < -0.39 is 67.0 Å². The number of carbonyl (C=O) groups is 2. The van der Waals surface area contributed by atoms with Crippen LogP contribution in [-0.4, -0.2) is 112 Å². The zero-order valence-corrected chi connectivity index (χ0v) is 34.4. The van der Waals surface area contributed by atoms with Crippen LogP contribution in [0.5, 0.6) is 0 Å². The molecule has 6 aliphatic rings. The van der Waals surface area contributed by atoms with E-state index in [9.17, 15) is 14.7 Å². The molecule has 6 fully saturated rings. The molecule has 7 rings (SSSR count). The summed E-state index contributed by atoms with van der Waals surface area (Å²) in [6.07, 6.45) is -1.39. The molecule has 0 amide bonds.